The fraction of sp³-hybridized carbons (Fsp3) is 0.929. The summed E-state index contributed by atoms with van der Waals surface area (Å²) in [6.07, 6.45) is 1.19. The van der Waals surface area contributed by atoms with Gasteiger partial charge in [-0.25, -0.2) is 0 Å². The van der Waals surface area contributed by atoms with Crippen LogP contribution in [0.1, 0.15) is 41.0 Å². The SMILES string of the molecule is CC(C)CNC1CC(C)CN(C(=O)C(C)C)C1. The van der Waals surface area contributed by atoms with E-state index in [0.29, 0.717) is 23.8 Å². The highest BCUT2D eigenvalue weighted by Gasteiger charge is 2.28. The molecule has 1 aliphatic rings. The molecule has 0 aromatic heterocycles. The van der Waals surface area contributed by atoms with Crippen LogP contribution >= 0.6 is 0 Å². The third-order valence-corrected chi connectivity index (χ3v) is 3.28. The van der Waals surface area contributed by atoms with Crippen molar-refractivity contribution in [2.45, 2.75) is 47.1 Å². The van der Waals surface area contributed by atoms with Gasteiger partial charge in [-0.05, 0) is 24.8 Å². The van der Waals surface area contributed by atoms with Crippen molar-refractivity contribution in [3.63, 3.8) is 0 Å². The van der Waals surface area contributed by atoms with Gasteiger partial charge in [0.1, 0.15) is 0 Å². The Bertz CT molecular complexity index is 251. The molecular weight excluding hydrogens is 212 g/mol. The van der Waals surface area contributed by atoms with Crippen LogP contribution in [0.25, 0.3) is 0 Å². The fourth-order valence-electron chi connectivity index (χ4n) is 2.45. The maximum Gasteiger partial charge on any atom is 0.225 e. The van der Waals surface area contributed by atoms with Crippen molar-refractivity contribution >= 4 is 5.91 Å². The smallest absolute Gasteiger partial charge is 0.225 e. The van der Waals surface area contributed by atoms with Gasteiger partial charge in [-0.1, -0.05) is 34.6 Å². The van der Waals surface area contributed by atoms with Gasteiger partial charge in [0.05, 0.1) is 0 Å². The molecule has 3 heteroatoms. The molecule has 3 nitrogen and oxygen atoms in total. The first-order valence-electron chi connectivity index (χ1n) is 6.92. The van der Waals surface area contributed by atoms with Gasteiger partial charge in [-0.3, -0.25) is 4.79 Å². The zero-order valence-corrected chi connectivity index (χ0v) is 12.0. The van der Waals surface area contributed by atoms with Crippen molar-refractivity contribution in [1.82, 2.24) is 10.2 Å². The second-order valence-electron chi connectivity index (χ2n) is 6.24. The van der Waals surface area contributed by atoms with Crippen LogP contribution in [-0.2, 0) is 4.79 Å². The van der Waals surface area contributed by atoms with Crippen molar-refractivity contribution in [3.8, 4) is 0 Å². The number of carbonyl (C=O) groups is 1. The van der Waals surface area contributed by atoms with Crippen LogP contribution in [0.15, 0.2) is 0 Å². The highest BCUT2D eigenvalue weighted by Crippen LogP contribution is 2.18. The predicted molar refractivity (Wildman–Crippen MR) is 71.8 cm³/mol. The number of piperidine rings is 1. The van der Waals surface area contributed by atoms with Crippen molar-refractivity contribution < 1.29 is 4.79 Å². The molecule has 1 fully saturated rings. The van der Waals surface area contributed by atoms with Gasteiger partial charge in [-0.2, -0.15) is 0 Å². The summed E-state index contributed by atoms with van der Waals surface area (Å²) in [5, 5.41) is 3.58. The topological polar surface area (TPSA) is 32.3 Å². The molecule has 0 aromatic rings. The van der Waals surface area contributed by atoms with Gasteiger partial charge in [0.25, 0.3) is 0 Å². The Morgan fingerprint density at radius 2 is 1.94 bits per heavy atom. The summed E-state index contributed by atoms with van der Waals surface area (Å²) in [6.45, 7) is 13.5. The van der Waals surface area contributed by atoms with E-state index in [2.05, 4.69) is 26.1 Å². The summed E-state index contributed by atoms with van der Waals surface area (Å²) >= 11 is 0. The van der Waals surface area contributed by atoms with E-state index < -0.39 is 0 Å². The van der Waals surface area contributed by atoms with Crippen LogP contribution in [0.2, 0.25) is 0 Å². The molecule has 1 heterocycles. The van der Waals surface area contributed by atoms with Crippen molar-refractivity contribution in [2.24, 2.45) is 17.8 Å². The molecule has 17 heavy (non-hydrogen) atoms. The summed E-state index contributed by atoms with van der Waals surface area (Å²) in [7, 11) is 0. The lowest BCUT2D eigenvalue weighted by Gasteiger charge is -2.38. The lowest BCUT2D eigenvalue weighted by molar-refractivity contribution is -0.136. The van der Waals surface area contributed by atoms with E-state index in [1.54, 1.807) is 0 Å². The van der Waals surface area contributed by atoms with Crippen molar-refractivity contribution in [1.29, 1.82) is 0 Å². The fourth-order valence-corrected chi connectivity index (χ4v) is 2.45. The monoisotopic (exact) mass is 240 g/mol. The maximum atomic E-state index is 12.0. The summed E-state index contributed by atoms with van der Waals surface area (Å²) in [6, 6.07) is 0.476. The molecular formula is C14H28N2O. The molecule has 0 aromatic carbocycles. The molecule has 100 valence electrons. The van der Waals surface area contributed by atoms with Crippen LogP contribution < -0.4 is 5.32 Å². The van der Waals surface area contributed by atoms with E-state index >= 15 is 0 Å². The zero-order valence-electron chi connectivity index (χ0n) is 12.0. The molecule has 0 bridgehead atoms. The predicted octanol–water partition coefficient (Wildman–Crippen LogP) is 2.12. The molecule has 0 radical (unpaired) electrons. The summed E-state index contributed by atoms with van der Waals surface area (Å²) in [5.41, 5.74) is 0. The average molecular weight is 240 g/mol. The van der Waals surface area contributed by atoms with Gasteiger partial charge in [0, 0.05) is 25.0 Å². The minimum atomic E-state index is 0.117. The Balaban J connectivity index is 2.50. The number of rotatable bonds is 4. The summed E-state index contributed by atoms with van der Waals surface area (Å²) < 4.78 is 0. The minimum absolute atomic E-state index is 0.117. The Morgan fingerprint density at radius 1 is 1.29 bits per heavy atom. The molecule has 0 saturated carbocycles. The Labute approximate surface area is 106 Å². The molecule has 0 spiro atoms. The van der Waals surface area contributed by atoms with Crippen LogP contribution in [0.5, 0.6) is 0 Å². The molecule has 1 aliphatic heterocycles. The standard InChI is InChI=1S/C14H28N2O/c1-10(2)7-15-13-6-12(5)8-16(9-13)14(17)11(3)4/h10-13,15H,6-9H2,1-5H3. The Hall–Kier alpha value is -0.570. The Morgan fingerprint density at radius 3 is 2.47 bits per heavy atom. The van der Waals surface area contributed by atoms with Crippen molar-refractivity contribution in [2.75, 3.05) is 19.6 Å². The highest BCUT2D eigenvalue weighted by atomic mass is 16.2. The van der Waals surface area contributed by atoms with Crippen LogP contribution in [0.3, 0.4) is 0 Å². The van der Waals surface area contributed by atoms with Gasteiger partial charge in [0.15, 0.2) is 0 Å². The molecule has 2 atom stereocenters. The Kier molecular flexibility index (Phi) is 5.44. The van der Waals surface area contributed by atoms with Crippen molar-refractivity contribution in [3.05, 3.63) is 0 Å². The number of nitrogens with one attached hydrogen (secondary N) is 1. The van der Waals surface area contributed by atoms with E-state index in [-0.39, 0.29) is 5.92 Å². The second-order valence-corrected chi connectivity index (χ2v) is 6.24. The number of likely N-dealkylation sites (tertiary alicyclic amines) is 1. The maximum absolute atomic E-state index is 12.0. The zero-order chi connectivity index (χ0) is 13.0. The molecule has 1 N–H and O–H groups in total. The van der Waals surface area contributed by atoms with Gasteiger partial charge >= 0.3 is 0 Å². The van der Waals surface area contributed by atoms with E-state index in [9.17, 15) is 4.79 Å². The van der Waals surface area contributed by atoms with E-state index in [0.717, 1.165) is 19.6 Å². The number of carbonyl (C=O) groups excluding carboxylic acids is 1. The minimum Gasteiger partial charge on any atom is -0.341 e. The molecule has 1 saturated heterocycles. The van der Waals surface area contributed by atoms with Crippen LogP contribution in [-0.4, -0.2) is 36.5 Å². The molecule has 1 rings (SSSR count). The van der Waals surface area contributed by atoms with Crippen LogP contribution in [0, 0.1) is 17.8 Å². The lowest BCUT2D eigenvalue weighted by Crippen LogP contribution is -2.52. The second kappa shape index (κ2) is 6.39. The highest BCUT2D eigenvalue weighted by molar-refractivity contribution is 5.78. The normalized spacial score (nSPS) is 25.7. The van der Waals surface area contributed by atoms with Crippen LogP contribution in [0.4, 0.5) is 0 Å². The lowest BCUT2D eigenvalue weighted by atomic mass is 9.94. The quantitative estimate of drug-likeness (QED) is 0.816. The van der Waals surface area contributed by atoms with Gasteiger partial charge < -0.3 is 10.2 Å². The first-order chi connectivity index (χ1) is 7.90. The molecule has 2 unspecified atom stereocenters. The summed E-state index contributed by atoms with van der Waals surface area (Å²) in [5.74, 6) is 1.69. The average Bonchev–Trinajstić information content (AvgIpc) is 2.24. The van der Waals surface area contributed by atoms with Gasteiger partial charge in [0.2, 0.25) is 5.91 Å². The van der Waals surface area contributed by atoms with E-state index in [4.69, 9.17) is 0 Å². The molecule has 0 aliphatic carbocycles. The van der Waals surface area contributed by atoms with E-state index in [1.165, 1.54) is 6.42 Å². The number of hydrogen-bond donors (Lipinski definition) is 1. The largest absolute Gasteiger partial charge is 0.341 e. The molecule has 1 amide bonds. The van der Waals surface area contributed by atoms with E-state index in [1.807, 2.05) is 18.7 Å². The number of nitrogens with zero attached hydrogens (tertiary/aromatic N) is 1. The first-order valence-corrected chi connectivity index (χ1v) is 6.92. The number of hydrogen-bond acceptors (Lipinski definition) is 2. The third-order valence-electron chi connectivity index (χ3n) is 3.28. The summed E-state index contributed by atoms with van der Waals surface area (Å²) in [4.78, 5) is 14.1. The first kappa shape index (κ1) is 14.5. The third kappa shape index (κ3) is 4.66. The van der Waals surface area contributed by atoms with Gasteiger partial charge in [-0.15, -0.1) is 0 Å². The number of amides is 1.